The number of aromatic nitrogens is 8. The van der Waals surface area contributed by atoms with Gasteiger partial charge in [-0.2, -0.15) is 0 Å². The van der Waals surface area contributed by atoms with Crippen molar-refractivity contribution in [2.75, 3.05) is 42.7 Å². The number of aliphatic hydroxyl groups excluding tert-OH is 6. The molecule has 0 bridgehead atoms. The van der Waals surface area contributed by atoms with Crippen LogP contribution in [0.3, 0.4) is 0 Å². The van der Waals surface area contributed by atoms with Crippen molar-refractivity contribution < 1.29 is 40.1 Å². The van der Waals surface area contributed by atoms with Crippen LogP contribution in [0.15, 0.2) is 19.0 Å². The molecular weight excluding hydrogens is 582 g/mol. The van der Waals surface area contributed by atoms with Crippen LogP contribution in [-0.4, -0.2) is 133 Å². The average molecular weight is 618 g/mol. The molecule has 0 amide bonds. The number of nitrogen functional groups attached to an aromatic ring is 2. The van der Waals surface area contributed by atoms with Crippen LogP contribution in [0.4, 0.5) is 17.6 Å². The lowest BCUT2D eigenvalue weighted by atomic mass is 10.1. The van der Waals surface area contributed by atoms with Gasteiger partial charge in [-0.25, -0.2) is 29.9 Å². The zero-order valence-electron chi connectivity index (χ0n) is 23.5. The Balaban J connectivity index is 0.000000162. The summed E-state index contributed by atoms with van der Waals surface area (Å²) in [6, 6.07) is 0. The van der Waals surface area contributed by atoms with Crippen molar-refractivity contribution in [3.05, 3.63) is 19.0 Å². The minimum absolute atomic E-state index is 0.218. The lowest BCUT2D eigenvalue weighted by molar-refractivity contribution is -0.0511. The number of imidazole rings is 2. The van der Waals surface area contributed by atoms with E-state index in [4.69, 9.17) is 26.0 Å². The highest BCUT2D eigenvalue weighted by Crippen LogP contribution is 2.37. The fourth-order valence-electron chi connectivity index (χ4n) is 5.73. The van der Waals surface area contributed by atoms with Crippen molar-refractivity contribution in [1.29, 1.82) is 0 Å². The molecule has 19 heteroatoms. The van der Waals surface area contributed by atoms with Gasteiger partial charge in [-0.3, -0.25) is 9.13 Å². The minimum atomic E-state index is -1.21. The molecule has 3 fully saturated rings. The first-order chi connectivity index (χ1) is 21.2. The number of hydrogen-bond donors (Lipinski definition) is 8. The van der Waals surface area contributed by atoms with E-state index in [2.05, 4.69) is 34.8 Å². The average Bonchev–Trinajstić information content (AvgIpc) is 3.78. The molecule has 4 aromatic rings. The number of nitrogens with two attached hydrogens (primary N) is 2. The number of anilines is 3. The van der Waals surface area contributed by atoms with Gasteiger partial charge >= 0.3 is 0 Å². The molecule has 3 saturated heterocycles. The number of piperidine rings is 1. The van der Waals surface area contributed by atoms with E-state index < -0.39 is 62.3 Å². The molecule has 0 aliphatic carbocycles. The maximum Gasteiger partial charge on any atom is 0.210 e. The van der Waals surface area contributed by atoms with Crippen LogP contribution in [0.2, 0.25) is 0 Å². The molecule has 10 N–H and O–H groups in total. The van der Waals surface area contributed by atoms with Gasteiger partial charge in [0, 0.05) is 13.1 Å². The normalized spacial score (nSPS) is 30.6. The number of nitrogens with zero attached hydrogens (tertiary/aromatic N) is 9. The summed E-state index contributed by atoms with van der Waals surface area (Å²) in [4.78, 5) is 26.8. The van der Waals surface area contributed by atoms with Crippen molar-refractivity contribution >= 4 is 39.9 Å². The molecule has 0 radical (unpaired) electrons. The van der Waals surface area contributed by atoms with Gasteiger partial charge in [0.05, 0.1) is 19.5 Å². The molecule has 7 heterocycles. The van der Waals surface area contributed by atoms with Gasteiger partial charge in [-0.15, -0.1) is 0 Å². The number of hydrogen-bond acceptors (Lipinski definition) is 17. The van der Waals surface area contributed by atoms with Crippen LogP contribution in [0, 0.1) is 0 Å². The molecule has 3 aliphatic heterocycles. The topological polar surface area (TPSA) is 282 Å². The van der Waals surface area contributed by atoms with Crippen LogP contribution in [0.25, 0.3) is 22.3 Å². The minimum Gasteiger partial charge on any atom is -0.394 e. The fourth-order valence-corrected chi connectivity index (χ4v) is 5.73. The standard InChI is InChI=1S/C15H22N6O4.C10H13N5O4/c16-12-9-13(18-7-17-12)21(14-11(24)10(23)8(6-22)25-14)15(19-9)20-4-2-1-3-5-20;11-8-5-9(13-2-12-8)15(3-14-5)10-7(18)6(17)4(1-16)19-10/h7-8,10-11,14,22-24H,1-6H2,(H2,16,17,18);2-4,6-7,10,16-18H,1H2,(H2,11,12,13)/t8-,10-,11-,14-;4-,6-,7-,10-/m11/s1. The summed E-state index contributed by atoms with van der Waals surface area (Å²) in [7, 11) is 0. The van der Waals surface area contributed by atoms with Crippen LogP contribution in [-0.2, 0) is 9.47 Å². The number of rotatable bonds is 5. The van der Waals surface area contributed by atoms with Gasteiger partial charge in [0.1, 0.15) is 54.8 Å². The summed E-state index contributed by atoms with van der Waals surface area (Å²) in [6.07, 6.45) is -1.04. The van der Waals surface area contributed by atoms with Crippen LogP contribution < -0.4 is 16.4 Å². The van der Waals surface area contributed by atoms with E-state index in [0.717, 1.165) is 32.4 Å². The highest BCUT2D eigenvalue weighted by molar-refractivity contribution is 5.84. The Morgan fingerprint density at radius 3 is 1.89 bits per heavy atom. The van der Waals surface area contributed by atoms with Gasteiger partial charge in [-0.1, -0.05) is 0 Å². The van der Waals surface area contributed by atoms with Gasteiger partial charge in [0.15, 0.2) is 40.9 Å². The lowest BCUT2D eigenvalue weighted by Gasteiger charge is -2.30. The second-order valence-corrected chi connectivity index (χ2v) is 10.8. The Hall–Kier alpha value is -3.82. The SMILES string of the molecule is Nc1ncnc2c1nc(N1CCCCC1)n2[C@@H]1O[C@H](CO)[C@@H](O)[C@H]1O.Nc1ncnc2c1ncn2[C@@H]1O[C@H](CO)[C@@H](O)[C@H]1O. The number of fused-ring (bicyclic) bond motifs is 2. The summed E-state index contributed by atoms with van der Waals surface area (Å²) in [5.41, 5.74) is 13.3. The molecule has 0 aromatic carbocycles. The third kappa shape index (κ3) is 5.16. The van der Waals surface area contributed by atoms with Crippen molar-refractivity contribution in [3.63, 3.8) is 0 Å². The van der Waals surface area contributed by atoms with E-state index in [9.17, 15) is 25.5 Å². The van der Waals surface area contributed by atoms with E-state index in [1.807, 2.05) is 0 Å². The summed E-state index contributed by atoms with van der Waals surface area (Å²) in [5.74, 6) is 1.04. The van der Waals surface area contributed by atoms with Crippen molar-refractivity contribution in [2.45, 2.75) is 68.3 Å². The third-order valence-electron chi connectivity index (χ3n) is 8.08. The Morgan fingerprint density at radius 2 is 1.27 bits per heavy atom. The quantitative estimate of drug-likeness (QED) is 0.111. The van der Waals surface area contributed by atoms with Gasteiger partial charge in [-0.05, 0) is 19.3 Å². The van der Waals surface area contributed by atoms with E-state index in [-0.39, 0.29) is 11.6 Å². The van der Waals surface area contributed by atoms with Crippen molar-refractivity contribution in [3.8, 4) is 0 Å². The monoisotopic (exact) mass is 617 g/mol. The first kappa shape index (κ1) is 30.2. The molecule has 19 nitrogen and oxygen atoms in total. The van der Waals surface area contributed by atoms with Crippen molar-refractivity contribution in [2.24, 2.45) is 0 Å². The highest BCUT2D eigenvalue weighted by Gasteiger charge is 2.46. The largest absolute Gasteiger partial charge is 0.394 e. The second kappa shape index (κ2) is 12.3. The van der Waals surface area contributed by atoms with E-state index in [0.29, 0.717) is 28.3 Å². The van der Waals surface area contributed by atoms with Gasteiger partial charge in [0.2, 0.25) is 5.95 Å². The van der Waals surface area contributed by atoms with Crippen LogP contribution >= 0.6 is 0 Å². The molecular formula is C25H35N11O8. The van der Waals surface area contributed by atoms with Gasteiger partial charge in [0.25, 0.3) is 0 Å². The third-order valence-corrected chi connectivity index (χ3v) is 8.08. The Bertz CT molecular complexity index is 1600. The van der Waals surface area contributed by atoms with Crippen LogP contribution in [0.5, 0.6) is 0 Å². The number of aliphatic hydroxyl groups is 6. The summed E-state index contributed by atoms with van der Waals surface area (Å²) < 4.78 is 14.2. The van der Waals surface area contributed by atoms with Crippen LogP contribution in [0.1, 0.15) is 31.7 Å². The zero-order valence-corrected chi connectivity index (χ0v) is 23.5. The Morgan fingerprint density at radius 1 is 0.705 bits per heavy atom. The summed E-state index contributed by atoms with van der Waals surface area (Å²) >= 11 is 0. The molecule has 3 aliphatic rings. The molecule has 238 valence electrons. The Labute approximate surface area is 249 Å². The maximum absolute atomic E-state index is 10.5. The summed E-state index contributed by atoms with van der Waals surface area (Å²) in [5, 5.41) is 58.7. The first-order valence-corrected chi connectivity index (χ1v) is 14.2. The lowest BCUT2D eigenvalue weighted by Crippen LogP contribution is -2.35. The molecule has 8 atom stereocenters. The second-order valence-electron chi connectivity index (χ2n) is 10.8. The predicted octanol–water partition coefficient (Wildman–Crippen LogP) is -2.97. The molecule has 4 aromatic heterocycles. The highest BCUT2D eigenvalue weighted by atomic mass is 16.6. The molecule has 44 heavy (non-hydrogen) atoms. The molecule has 0 unspecified atom stereocenters. The van der Waals surface area contributed by atoms with Gasteiger partial charge < -0.3 is 56.5 Å². The van der Waals surface area contributed by atoms with E-state index >= 15 is 0 Å². The Kier molecular flexibility index (Phi) is 8.44. The predicted molar refractivity (Wildman–Crippen MR) is 152 cm³/mol. The molecule has 0 saturated carbocycles. The van der Waals surface area contributed by atoms with E-state index in [1.165, 1.54) is 23.5 Å². The molecule has 7 rings (SSSR count). The van der Waals surface area contributed by atoms with Crippen molar-refractivity contribution in [1.82, 2.24) is 39.0 Å². The summed E-state index contributed by atoms with van der Waals surface area (Å²) in [6.45, 7) is 0.868. The molecule has 0 spiro atoms. The fraction of sp³-hybridized carbons (Fsp3) is 0.600. The first-order valence-electron chi connectivity index (χ1n) is 14.2. The maximum atomic E-state index is 10.5. The zero-order chi connectivity index (χ0) is 31.1. The van der Waals surface area contributed by atoms with E-state index in [1.54, 1.807) is 4.57 Å². The smallest absolute Gasteiger partial charge is 0.210 e. The number of ether oxygens (including phenoxy) is 2.